The summed E-state index contributed by atoms with van der Waals surface area (Å²) in [5.41, 5.74) is 3.02. The summed E-state index contributed by atoms with van der Waals surface area (Å²) in [5.74, 6) is 0.361. The molecular weight excluding hydrogens is 528 g/mol. The second kappa shape index (κ2) is 11.6. The number of amides is 2. The molecule has 4 aromatic rings. The third-order valence-electron chi connectivity index (χ3n) is 6.75. The zero-order chi connectivity index (χ0) is 28.3. The minimum Gasteiger partial charge on any atom is -0.444 e. The standard InChI is InChI=1S/C30H33ClN6O3/c1-30(2,3)40-29(39)36-21-8-6-7-18(15-21)27(38)34-19-11-13-20(14-12-19)35-28-33-17-24(31)26(37-28)23-16-32-25-10-5-4-9-22(23)25/h4-10,15-17,19-20,32H,11-14H2,1-3H3,(H,34,38)(H,36,39)(H,33,35,37). The van der Waals surface area contributed by atoms with E-state index in [0.717, 1.165) is 42.1 Å². The zero-order valence-corrected chi connectivity index (χ0v) is 23.5. The third-order valence-corrected chi connectivity index (χ3v) is 7.03. The Morgan fingerprint density at radius 1 is 1.02 bits per heavy atom. The van der Waals surface area contributed by atoms with Crippen LogP contribution in [-0.4, -0.2) is 44.6 Å². The lowest BCUT2D eigenvalue weighted by Gasteiger charge is -2.29. The minimum absolute atomic E-state index is 0.0564. The zero-order valence-electron chi connectivity index (χ0n) is 22.8. The number of carbonyl (C=O) groups excluding carboxylic acids is 2. The van der Waals surface area contributed by atoms with Gasteiger partial charge in [0.15, 0.2) is 0 Å². The van der Waals surface area contributed by atoms with Crippen molar-refractivity contribution in [2.75, 3.05) is 10.6 Å². The first-order valence-corrected chi connectivity index (χ1v) is 13.8. The van der Waals surface area contributed by atoms with E-state index in [9.17, 15) is 9.59 Å². The Balaban J connectivity index is 1.16. The van der Waals surface area contributed by atoms with Gasteiger partial charge in [-0.3, -0.25) is 10.1 Å². The Kier molecular flexibility index (Phi) is 7.93. The predicted molar refractivity (Wildman–Crippen MR) is 158 cm³/mol. The fourth-order valence-electron chi connectivity index (χ4n) is 4.89. The average Bonchev–Trinajstić information content (AvgIpc) is 3.34. The largest absolute Gasteiger partial charge is 0.444 e. The highest BCUT2D eigenvalue weighted by Crippen LogP contribution is 2.32. The van der Waals surface area contributed by atoms with E-state index in [1.807, 2.05) is 30.5 Å². The summed E-state index contributed by atoms with van der Waals surface area (Å²) in [4.78, 5) is 37.4. The number of nitrogens with one attached hydrogen (secondary N) is 4. The molecule has 1 saturated carbocycles. The van der Waals surface area contributed by atoms with Crippen molar-refractivity contribution in [3.63, 3.8) is 0 Å². The number of ether oxygens (including phenoxy) is 1. The SMILES string of the molecule is CC(C)(C)OC(=O)Nc1cccc(C(=O)NC2CCC(Nc3ncc(Cl)c(-c4c[nH]c5ccccc45)n3)CC2)c1. The van der Waals surface area contributed by atoms with Gasteiger partial charge in [0, 0.05) is 46.0 Å². The van der Waals surface area contributed by atoms with Crippen molar-refractivity contribution >= 4 is 46.1 Å². The number of anilines is 2. The number of para-hydroxylation sites is 1. The number of rotatable bonds is 6. The average molecular weight is 561 g/mol. The molecule has 0 atom stereocenters. The molecule has 2 amide bonds. The van der Waals surface area contributed by atoms with Crippen LogP contribution in [0.4, 0.5) is 16.4 Å². The normalized spacial score (nSPS) is 17.3. The van der Waals surface area contributed by atoms with Crippen LogP contribution in [0.25, 0.3) is 22.2 Å². The van der Waals surface area contributed by atoms with Crippen LogP contribution in [-0.2, 0) is 4.74 Å². The topological polar surface area (TPSA) is 121 Å². The van der Waals surface area contributed by atoms with E-state index in [2.05, 4.69) is 25.9 Å². The van der Waals surface area contributed by atoms with Gasteiger partial charge < -0.3 is 20.4 Å². The molecule has 0 aliphatic heterocycles. The van der Waals surface area contributed by atoms with Crippen molar-refractivity contribution in [1.82, 2.24) is 20.3 Å². The lowest BCUT2D eigenvalue weighted by Crippen LogP contribution is -2.40. The highest BCUT2D eigenvalue weighted by Gasteiger charge is 2.24. The van der Waals surface area contributed by atoms with Gasteiger partial charge >= 0.3 is 6.09 Å². The van der Waals surface area contributed by atoms with E-state index in [1.165, 1.54) is 0 Å². The van der Waals surface area contributed by atoms with Crippen molar-refractivity contribution in [1.29, 1.82) is 0 Å². The number of H-pyrrole nitrogens is 1. The van der Waals surface area contributed by atoms with Crippen molar-refractivity contribution in [2.45, 2.75) is 64.1 Å². The number of carbonyl (C=O) groups is 2. The molecule has 2 aromatic carbocycles. The Morgan fingerprint density at radius 2 is 1.77 bits per heavy atom. The Hall–Kier alpha value is -4.11. The van der Waals surface area contributed by atoms with Crippen LogP contribution in [0, 0.1) is 0 Å². The molecule has 2 aromatic heterocycles. The van der Waals surface area contributed by atoms with Crippen LogP contribution >= 0.6 is 11.6 Å². The van der Waals surface area contributed by atoms with Gasteiger partial charge in [-0.1, -0.05) is 35.9 Å². The van der Waals surface area contributed by atoms with E-state index < -0.39 is 11.7 Å². The molecule has 208 valence electrons. The van der Waals surface area contributed by atoms with Crippen LogP contribution in [0.5, 0.6) is 0 Å². The van der Waals surface area contributed by atoms with Crippen LogP contribution in [0.3, 0.4) is 0 Å². The monoisotopic (exact) mass is 560 g/mol. The smallest absolute Gasteiger partial charge is 0.412 e. The predicted octanol–water partition coefficient (Wildman–Crippen LogP) is 6.78. The van der Waals surface area contributed by atoms with Crippen molar-refractivity contribution < 1.29 is 14.3 Å². The molecular formula is C30H33ClN6O3. The molecule has 9 nitrogen and oxygen atoms in total. The lowest BCUT2D eigenvalue weighted by molar-refractivity contribution is 0.0635. The summed E-state index contributed by atoms with van der Waals surface area (Å²) in [6.07, 6.45) is 6.35. The molecule has 1 aliphatic rings. The fourth-order valence-corrected chi connectivity index (χ4v) is 5.08. The molecule has 4 N–H and O–H groups in total. The van der Waals surface area contributed by atoms with Crippen molar-refractivity contribution in [3.8, 4) is 11.3 Å². The first-order valence-electron chi connectivity index (χ1n) is 13.4. The second-order valence-corrected chi connectivity index (χ2v) is 11.4. The lowest BCUT2D eigenvalue weighted by atomic mass is 9.91. The molecule has 0 saturated heterocycles. The molecule has 0 bridgehead atoms. The second-order valence-electron chi connectivity index (χ2n) is 11.0. The highest BCUT2D eigenvalue weighted by molar-refractivity contribution is 6.33. The molecule has 0 spiro atoms. The quantitative estimate of drug-likeness (QED) is 0.206. The van der Waals surface area contributed by atoms with Gasteiger partial charge in [0.1, 0.15) is 5.60 Å². The Labute approximate surface area is 238 Å². The van der Waals surface area contributed by atoms with Gasteiger partial charge in [-0.05, 0) is 70.7 Å². The van der Waals surface area contributed by atoms with Gasteiger partial charge in [-0.15, -0.1) is 0 Å². The number of hydrogen-bond acceptors (Lipinski definition) is 6. The number of benzene rings is 2. The number of halogens is 1. The maximum Gasteiger partial charge on any atom is 0.412 e. The van der Waals surface area contributed by atoms with E-state index >= 15 is 0 Å². The molecule has 0 radical (unpaired) electrons. The summed E-state index contributed by atoms with van der Waals surface area (Å²) in [5, 5.41) is 10.8. The number of aromatic nitrogens is 3. The van der Waals surface area contributed by atoms with E-state index in [1.54, 1.807) is 51.2 Å². The fraction of sp³-hybridized carbons (Fsp3) is 0.333. The first-order chi connectivity index (χ1) is 19.1. The van der Waals surface area contributed by atoms with Gasteiger partial charge in [0.25, 0.3) is 5.91 Å². The maximum atomic E-state index is 12.9. The molecule has 40 heavy (non-hydrogen) atoms. The van der Waals surface area contributed by atoms with Gasteiger partial charge in [-0.2, -0.15) is 0 Å². The van der Waals surface area contributed by atoms with Crippen molar-refractivity contribution in [3.05, 3.63) is 71.5 Å². The summed E-state index contributed by atoms with van der Waals surface area (Å²) >= 11 is 6.47. The van der Waals surface area contributed by atoms with E-state index in [0.29, 0.717) is 27.9 Å². The van der Waals surface area contributed by atoms with E-state index in [-0.39, 0.29) is 18.0 Å². The molecule has 1 aliphatic carbocycles. The Morgan fingerprint density at radius 3 is 2.55 bits per heavy atom. The van der Waals surface area contributed by atoms with E-state index in [4.69, 9.17) is 21.3 Å². The highest BCUT2D eigenvalue weighted by atomic mass is 35.5. The van der Waals surface area contributed by atoms with Crippen LogP contribution in [0.15, 0.2) is 60.9 Å². The van der Waals surface area contributed by atoms with Gasteiger partial charge in [0.2, 0.25) is 5.95 Å². The summed E-state index contributed by atoms with van der Waals surface area (Å²) < 4.78 is 5.29. The number of nitrogens with zero attached hydrogens (tertiary/aromatic N) is 2. The minimum atomic E-state index is -0.605. The Bertz CT molecular complexity index is 1520. The summed E-state index contributed by atoms with van der Waals surface area (Å²) in [6.45, 7) is 5.39. The van der Waals surface area contributed by atoms with Gasteiger partial charge in [-0.25, -0.2) is 14.8 Å². The van der Waals surface area contributed by atoms with Crippen molar-refractivity contribution in [2.24, 2.45) is 0 Å². The van der Waals surface area contributed by atoms with Gasteiger partial charge in [0.05, 0.1) is 16.9 Å². The molecule has 5 rings (SSSR count). The maximum absolute atomic E-state index is 12.9. The number of aromatic amines is 1. The molecule has 10 heteroatoms. The van der Waals surface area contributed by atoms with Crippen LogP contribution in [0.2, 0.25) is 5.02 Å². The first kappa shape index (κ1) is 27.5. The number of fused-ring (bicyclic) bond motifs is 1. The third kappa shape index (κ3) is 6.71. The summed E-state index contributed by atoms with van der Waals surface area (Å²) in [7, 11) is 0. The molecule has 2 heterocycles. The number of hydrogen-bond donors (Lipinski definition) is 4. The summed E-state index contributed by atoms with van der Waals surface area (Å²) in [6, 6.07) is 15.1. The molecule has 0 unspecified atom stereocenters. The van der Waals surface area contributed by atoms with Crippen LogP contribution in [0.1, 0.15) is 56.8 Å². The molecule has 1 fully saturated rings. The van der Waals surface area contributed by atoms with Crippen LogP contribution < -0.4 is 16.0 Å².